The summed E-state index contributed by atoms with van der Waals surface area (Å²) < 4.78 is 26.2. The second kappa shape index (κ2) is 7.46. The molecular weight excluding hydrogens is 302 g/mol. The monoisotopic (exact) mass is 319 g/mol. The quantitative estimate of drug-likeness (QED) is 0.763. The maximum Gasteiger partial charge on any atom is 0.319 e. The molecule has 0 aliphatic rings. The third kappa shape index (κ3) is 5.45. The average molecular weight is 319 g/mol. The molecule has 2 aromatic carbocycles. The van der Waals surface area contributed by atoms with E-state index in [1.165, 1.54) is 0 Å². The van der Waals surface area contributed by atoms with Gasteiger partial charge in [-0.15, -0.1) is 0 Å². The molecule has 2 aromatic rings. The van der Waals surface area contributed by atoms with Gasteiger partial charge in [-0.05, 0) is 24.3 Å². The van der Waals surface area contributed by atoms with Crippen LogP contribution in [0.2, 0.25) is 0 Å². The lowest BCUT2D eigenvalue weighted by Gasteiger charge is -2.09. The lowest BCUT2D eigenvalue weighted by Crippen LogP contribution is -2.34. The van der Waals surface area contributed by atoms with Crippen LogP contribution < -0.4 is 15.4 Å². The fourth-order valence-corrected chi connectivity index (χ4v) is 2.70. The van der Waals surface area contributed by atoms with E-state index in [9.17, 15) is 13.2 Å². The van der Waals surface area contributed by atoms with Crippen molar-refractivity contribution in [1.82, 2.24) is 5.32 Å². The van der Waals surface area contributed by atoms with E-state index in [0.29, 0.717) is 11.4 Å². The molecule has 0 atom stereocenters. The summed E-state index contributed by atoms with van der Waals surface area (Å²) in [6, 6.07) is 17.1. The number of hydrogen-bond acceptors (Lipinski definition) is 3. The zero-order valence-corrected chi connectivity index (χ0v) is 12.6. The molecule has 0 radical (unpaired) electrons. The maximum absolute atomic E-state index is 11.9. The molecule has 116 valence electrons. The highest BCUT2D eigenvalue weighted by Crippen LogP contribution is 2.07. The fourth-order valence-electron chi connectivity index (χ4n) is 1.73. The fraction of sp³-hybridized carbons (Fsp3) is 0.133. The van der Waals surface area contributed by atoms with Crippen molar-refractivity contribution in [1.29, 1.82) is 0 Å². The molecule has 0 aliphatic carbocycles. The normalized spacial score (nSPS) is 10.7. The number of amides is 2. The van der Waals surface area contributed by atoms with Crippen molar-refractivity contribution in [2.24, 2.45) is 0 Å². The van der Waals surface area contributed by atoms with Gasteiger partial charge in [0.05, 0.1) is 5.75 Å². The zero-order valence-electron chi connectivity index (χ0n) is 11.8. The topological polar surface area (TPSA) is 87.3 Å². The first-order chi connectivity index (χ1) is 10.6. The van der Waals surface area contributed by atoms with Gasteiger partial charge in [0.15, 0.2) is 0 Å². The van der Waals surface area contributed by atoms with Crippen LogP contribution in [0.15, 0.2) is 60.7 Å². The predicted octanol–water partition coefficient (Wildman–Crippen LogP) is 2.25. The van der Waals surface area contributed by atoms with E-state index in [4.69, 9.17) is 0 Å². The summed E-state index contributed by atoms with van der Waals surface area (Å²) in [5.74, 6) is -0.204. The molecule has 7 heteroatoms. The summed E-state index contributed by atoms with van der Waals surface area (Å²) in [6.45, 7) is 0.0147. The minimum absolute atomic E-state index is 0.0147. The van der Waals surface area contributed by atoms with Gasteiger partial charge in [-0.3, -0.25) is 4.72 Å². The van der Waals surface area contributed by atoms with Crippen molar-refractivity contribution >= 4 is 27.4 Å². The van der Waals surface area contributed by atoms with E-state index in [2.05, 4.69) is 15.4 Å². The van der Waals surface area contributed by atoms with Crippen LogP contribution in [0, 0.1) is 0 Å². The number of para-hydroxylation sites is 2. The number of urea groups is 1. The van der Waals surface area contributed by atoms with Crippen LogP contribution in [-0.4, -0.2) is 26.7 Å². The van der Waals surface area contributed by atoms with E-state index >= 15 is 0 Å². The Kier molecular flexibility index (Phi) is 5.37. The summed E-state index contributed by atoms with van der Waals surface area (Å²) >= 11 is 0. The summed E-state index contributed by atoms with van der Waals surface area (Å²) in [5, 5.41) is 5.12. The van der Waals surface area contributed by atoms with Crippen molar-refractivity contribution in [3.8, 4) is 0 Å². The molecule has 0 aromatic heterocycles. The SMILES string of the molecule is O=C(NCCS(=O)(=O)Nc1ccccc1)Nc1ccccc1. The van der Waals surface area contributed by atoms with Gasteiger partial charge < -0.3 is 10.6 Å². The zero-order chi connectivity index (χ0) is 15.8. The summed E-state index contributed by atoms with van der Waals surface area (Å²) in [4.78, 5) is 11.6. The number of benzene rings is 2. The Morgan fingerprint density at radius 3 is 2.00 bits per heavy atom. The third-order valence-corrected chi connectivity index (χ3v) is 4.02. The molecule has 2 amide bonds. The maximum atomic E-state index is 11.9. The Morgan fingerprint density at radius 2 is 1.41 bits per heavy atom. The Morgan fingerprint density at radius 1 is 0.864 bits per heavy atom. The lowest BCUT2D eigenvalue weighted by atomic mass is 10.3. The number of hydrogen-bond donors (Lipinski definition) is 3. The molecule has 0 fully saturated rings. The molecule has 0 spiro atoms. The van der Waals surface area contributed by atoms with Crippen molar-refractivity contribution in [2.45, 2.75) is 0 Å². The predicted molar refractivity (Wildman–Crippen MR) is 87.3 cm³/mol. The molecule has 0 saturated heterocycles. The standard InChI is InChI=1S/C15H17N3O3S/c19-15(17-13-7-3-1-4-8-13)16-11-12-22(20,21)18-14-9-5-2-6-10-14/h1-10,18H,11-12H2,(H2,16,17,19). The van der Waals surface area contributed by atoms with Gasteiger partial charge in [-0.25, -0.2) is 13.2 Å². The first kappa shape index (κ1) is 15.8. The Bertz CT molecular complexity index is 703. The van der Waals surface area contributed by atoms with Crippen LogP contribution in [0.4, 0.5) is 16.2 Å². The van der Waals surface area contributed by atoms with Gasteiger partial charge in [-0.1, -0.05) is 36.4 Å². The number of nitrogens with one attached hydrogen (secondary N) is 3. The number of sulfonamides is 1. The lowest BCUT2D eigenvalue weighted by molar-refractivity contribution is 0.252. The highest BCUT2D eigenvalue weighted by atomic mass is 32.2. The first-order valence-corrected chi connectivity index (χ1v) is 8.36. The van der Waals surface area contributed by atoms with Gasteiger partial charge >= 0.3 is 6.03 Å². The van der Waals surface area contributed by atoms with Crippen molar-refractivity contribution in [2.75, 3.05) is 22.3 Å². The molecule has 0 bridgehead atoms. The number of anilines is 2. The van der Waals surface area contributed by atoms with Crippen molar-refractivity contribution in [3.05, 3.63) is 60.7 Å². The molecule has 0 unspecified atom stereocenters. The molecular formula is C15H17N3O3S. The summed E-state index contributed by atoms with van der Waals surface area (Å²) in [7, 11) is -3.50. The van der Waals surface area contributed by atoms with Gasteiger partial charge in [-0.2, -0.15) is 0 Å². The average Bonchev–Trinajstić information content (AvgIpc) is 2.48. The molecule has 3 N–H and O–H groups in total. The van der Waals surface area contributed by atoms with Gasteiger partial charge in [0.1, 0.15) is 0 Å². The van der Waals surface area contributed by atoms with Crippen molar-refractivity contribution in [3.63, 3.8) is 0 Å². The molecule has 0 heterocycles. The highest BCUT2D eigenvalue weighted by molar-refractivity contribution is 7.92. The largest absolute Gasteiger partial charge is 0.337 e. The smallest absolute Gasteiger partial charge is 0.319 e. The molecule has 0 saturated carbocycles. The Labute approximate surface area is 129 Å². The Hall–Kier alpha value is -2.54. The van der Waals surface area contributed by atoms with E-state index in [0.717, 1.165) is 0 Å². The Balaban J connectivity index is 1.76. The van der Waals surface area contributed by atoms with Crippen LogP contribution >= 0.6 is 0 Å². The van der Waals surface area contributed by atoms with Crippen LogP contribution in [0.5, 0.6) is 0 Å². The second-order valence-corrected chi connectivity index (χ2v) is 6.38. The highest BCUT2D eigenvalue weighted by Gasteiger charge is 2.11. The molecule has 0 aliphatic heterocycles. The van der Waals surface area contributed by atoms with E-state index in [1.54, 1.807) is 54.6 Å². The number of rotatable bonds is 6. The second-order valence-electron chi connectivity index (χ2n) is 4.53. The minimum atomic E-state index is -3.50. The number of carbonyl (C=O) groups is 1. The molecule has 22 heavy (non-hydrogen) atoms. The van der Waals surface area contributed by atoms with E-state index in [1.807, 2.05) is 6.07 Å². The van der Waals surface area contributed by atoms with Gasteiger partial charge in [0, 0.05) is 17.9 Å². The molecule has 6 nitrogen and oxygen atoms in total. The third-order valence-electron chi connectivity index (χ3n) is 2.74. The van der Waals surface area contributed by atoms with Crippen LogP contribution in [0.1, 0.15) is 0 Å². The summed E-state index contributed by atoms with van der Waals surface area (Å²) in [5.41, 5.74) is 1.14. The summed E-state index contributed by atoms with van der Waals surface area (Å²) in [6.07, 6.45) is 0. The minimum Gasteiger partial charge on any atom is -0.337 e. The van der Waals surface area contributed by atoms with E-state index < -0.39 is 16.1 Å². The van der Waals surface area contributed by atoms with Gasteiger partial charge in [0.25, 0.3) is 0 Å². The van der Waals surface area contributed by atoms with Crippen LogP contribution in [-0.2, 0) is 10.0 Å². The molecule has 2 rings (SSSR count). The number of carbonyl (C=O) groups excluding carboxylic acids is 1. The van der Waals surface area contributed by atoms with Crippen LogP contribution in [0.25, 0.3) is 0 Å². The first-order valence-electron chi connectivity index (χ1n) is 6.71. The van der Waals surface area contributed by atoms with Crippen LogP contribution in [0.3, 0.4) is 0 Å². The van der Waals surface area contributed by atoms with Gasteiger partial charge in [0.2, 0.25) is 10.0 Å². The van der Waals surface area contributed by atoms with Crippen molar-refractivity contribution < 1.29 is 13.2 Å². The van der Waals surface area contributed by atoms with E-state index in [-0.39, 0.29) is 12.3 Å².